The van der Waals surface area contributed by atoms with Crippen LogP contribution in [0.25, 0.3) is 11.3 Å². The van der Waals surface area contributed by atoms with E-state index in [0.29, 0.717) is 5.92 Å². The van der Waals surface area contributed by atoms with Crippen molar-refractivity contribution in [2.45, 2.75) is 6.92 Å². The van der Waals surface area contributed by atoms with Crippen molar-refractivity contribution in [1.82, 2.24) is 25.1 Å². The van der Waals surface area contributed by atoms with E-state index in [9.17, 15) is 0 Å². The third kappa shape index (κ3) is 3.55. The highest BCUT2D eigenvalue weighted by molar-refractivity contribution is 5.59. The van der Waals surface area contributed by atoms with Crippen LogP contribution in [-0.2, 0) is 0 Å². The molecule has 4 rings (SSSR count). The third-order valence-electron chi connectivity index (χ3n) is 4.28. The van der Waals surface area contributed by atoms with Crippen molar-refractivity contribution >= 4 is 11.6 Å². The molecule has 0 amide bonds. The zero-order valence-electron chi connectivity index (χ0n) is 14.0. The van der Waals surface area contributed by atoms with Crippen LogP contribution in [-0.4, -0.2) is 44.8 Å². The number of hydrogen-bond acceptors (Lipinski definition) is 7. The van der Waals surface area contributed by atoms with Crippen LogP contribution in [0, 0.1) is 12.8 Å². The van der Waals surface area contributed by atoms with Crippen molar-refractivity contribution in [2.75, 3.05) is 29.9 Å². The van der Waals surface area contributed by atoms with Crippen molar-refractivity contribution in [3.05, 3.63) is 54.7 Å². The second kappa shape index (κ2) is 6.80. The number of anilines is 2. The van der Waals surface area contributed by atoms with E-state index < -0.39 is 0 Å². The molecule has 3 aromatic heterocycles. The molecule has 7 nitrogen and oxygen atoms in total. The number of nitrogens with one attached hydrogen (secondary N) is 1. The average Bonchev–Trinajstić information content (AvgIpc) is 2.62. The summed E-state index contributed by atoms with van der Waals surface area (Å²) >= 11 is 0. The fraction of sp³-hybridized carbons (Fsp3) is 0.278. The topological polar surface area (TPSA) is 79.7 Å². The molecule has 0 radical (unpaired) electrons. The van der Waals surface area contributed by atoms with Crippen LogP contribution in [0.2, 0.25) is 0 Å². The molecule has 25 heavy (non-hydrogen) atoms. The molecule has 0 spiro atoms. The average molecular weight is 333 g/mol. The minimum absolute atomic E-state index is 0.581. The molecule has 1 N–H and O–H groups in total. The number of pyridine rings is 1. The maximum atomic E-state index is 4.36. The lowest BCUT2D eigenvalue weighted by molar-refractivity contribution is 0.425. The molecule has 4 heterocycles. The minimum Gasteiger partial charge on any atom is -0.370 e. The molecule has 1 aliphatic rings. The zero-order chi connectivity index (χ0) is 17.1. The van der Waals surface area contributed by atoms with E-state index in [1.807, 2.05) is 37.3 Å². The smallest absolute Gasteiger partial charge is 0.151 e. The Balaban J connectivity index is 1.30. The van der Waals surface area contributed by atoms with Gasteiger partial charge in [0.2, 0.25) is 0 Å². The predicted octanol–water partition coefficient (Wildman–Crippen LogP) is 2.19. The van der Waals surface area contributed by atoms with E-state index in [2.05, 4.69) is 35.4 Å². The van der Waals surface area contributed by atoms with Gasteiger partial charge in [-0.15, -0.1) is 10.2 Å². The predicted molar refractivity (Wildman–Crippen MR) is 96.2 cm³/mol. The number of rotatable bonds is 5. The first-order valence-electron chi connectivity index (χ1n) is 8.29. The molecule has 0 aliphatic carbocycles. The van der Waals surface area contributed by atoms with Gasteiger partial charge in [0.15, 0.2) is 5.82 Å². The Hall–Kier alpha value is -3.09. The summed E-state index contributed by atoms with van der Waals surface area (Å²) in [5.41, 5.74) is 2.86. The normalized spacial score (nSPS) is 14.2. The molecule has 0 saturated carbocycles. The molecule has 1 saturated heterocycles. The molecular formula is C18H19N7. The molecule has 0 unspecified atom stereocenters. The van der Waals surface area contributed by atoms with Gasteiger partial charge in [-0.25, -0.2) is 9.97 Å². The lowest BCUT2D eigenvalue weighted by Gasteiger charge is -2.40. The molecule has 7 heteroatoms. The lowest BCUT2D eigenvalue weighted by Crippen LogP contribution is -2.50. The standard InChI is InChI=1S/C18H19N7/c1-13-8-17(22-12-21-13)20-9-14-10-25(11-14)18-3-2-16(23-24-18)15-4-6-19-7-5-15/h2-8,12,14H,9-11H2,1H3,(H,20,21,22). The van der Waals surface area contributed by atoms with Crippen LogP contribution < -0.4 is 10.2 Å². The molecule has 0 aromatic carbocycles. The summed E-state index contributed by atoms with van der Waals surface area (Å²) < 4.78 is 0. The zero-order valence-corrected chi connectivity index (χ0v) is 14.0. The Kier molecular flexibility index (Phi) is 4.20. The largest absolute Gasteiger partial charge is 0.370 e. The Morgan fingerprint density at radius 2 is 1.92 bits per heavy atom. The molecule has 1 fully saturated rings. The van der Waals surface area contributed by atoms with Crippen molar-refractivity contribution in [1.29, 1.82) is 0 Å². The number of hydrogen-bond donors (Lipinski definition) is 1. The van der Waals surface area contributed by atoms with Gasteiger partial charge in [-0.2, -0.15) is 0 Å². The van der Waals surface area contributed by atoms with Gasteiger partial charge < -0.3 is 10.2 Å². The summed E-state index contributed by atoms with van der Waals surface area (Å²) in [5, 5.41) is 12.1. The first kappa shape index (κ1) is 15.4. The molecule has 0 bridgehead atoms. The van der Waals surface area contributed by atoms with E-state index in [-0.39, 0.29) is 0 Å². The first-order valence-corrected chi connectivity index (χ1v) is 8.29. The van der Waals surface area contributed by atoms with E-state index in [1.165, 1.54) is 0 Å². The monoisotopic (exact) mass is 333 g/mol. The first-order chi connectivity index (χ1) is 12.3. The second-order valence-electron chi connectivity index (χ2n) is 6.21. The third-order valence-corrected chi connectivity index (χ3v) is 4.28. The van der Waals surface area contributed by atoms with Gasteiger partial charge in [-0.3, -0.25) is 4.98 Å². The van der Waals surface area contributed by atoms with Crippen molar-refractivity contribution in [3.63, 3.8) is 0 Å². The van der Waals surface area contributed by atoms with Gasteiger partial charge >= 0.3 is 0 Å². The molecule has 0 atom stereocenters. The van der Waals surface area contributed by atoms with Gasteiger partial charge in [0.1, 0.15) is 12.1 Å². The quantitative estimate of drug-likeness (QED) is 0.766. The van der Waals surface area contributed by atoms with Crippen LogP contribution in [0.15, 0.2) is 49.1 Å². The van der Waals surface area contributed by atoms with E-state index in [4.69, 9.17) is 0 Å². The maximum absolute atomic E-state index is 4.36. The second-order valence-corrected chi connectivity index (χ2v) is 6.21. The van der Waals surface area contributed by atoms with Crippen molar-refractivity contribution in [2.24, 2.45) is 5.92 Å². The van der Waals surface area contributed by atoms with Crippen molar-refractivity contribution < 1.29 is 0 Å². The number of aromatic nitrogens is 5. The fourth-order valence-electron chi connectivity index (χ4n) is 2.86. The Morgan fingerprint density at radius 3 is 2.64 bits per heavy atom. The van der Waals surface area contributed by atoms with Gasteiger partial charge in [0, 0.05) is 55.3 Å². The Labute approximate surface area is 146 Å². The summed E-state index contributed by atoms with van der Waals surface area (Å²) in [6.45, 7) is 4.81. The van der Waals surface area contributed by atoms with E-state index >= 15 is 0 Å². The molecule has 1 aliphatic heterocycles. The number of aryl methyl sites for hydroxylation is 1. The van der Waals surface area contributed by atoms with Crippen molar-refractivity contribution in [3.8, 4) is 11.3 Å². The van der Waals surface area contributed by atoms with Gasteiger partial charge in [0.25, 0.3) is 0 Å². The summed E-state index contributed by atoms with van der Waals surface area (Å²) in [6, 6.07) is 9.86. The summed E-state index contributed by atoms with van der Waals surface area (Å²) in [6.07, 6.45) is 5.11. The highest BCUT2D eigenvalue weighted by atomic mass is 15.3. The summed E-state index contributed by atoms with van der Waals surface area (Å²) in [5.74, 6) is 2.39. The SMILES string of the molecule is Cc1cc(NCC2CN(c3ccc(-c4ccncc4)nn3)C2)ncn1. The van der Waals surface area contributed by atoms with Gasteiger partial charge in [-0.1, -0.05) is 0 Å². The molecular weight excluding hydrogens is 314 g/mol. The minimum atomic E-state index is 0.581. The number of nitrogens with zero attached hydrogens (tertiary/aromatic N) is 6. The molecule has 3 aromatic rings. The van der Waals surface area contributed by atoms with Crippen LogP contribution in [0.4, 0.5) is 11.6 Å². The summed E-state index contributed by atoms with van der Waals surface area (Å²) in [4.78, 5) is 14.6. The summed E-state index contributed by atoms with van der Waals surface area (Å²) in [7, 11) is 0. The van der Waals surface area contributed by atoms with Gasteiger partial charge in [0.05, 0.1) is 5.69 Å². The lowest BCUT2D eigenvalue weighted by atomic mass is 10.0. The highest BCUT2D eigenvalue weighted by Crippen LogP contribution is 2.24. The van der Waals surface area contributed by atoms with E-state index in [0.717, 1.165) is 48.2 Å². The van der Waals surface area contributed by atoms with Gasteiger partial charge in [-0.05, 0) is 31.2 Å². The maximum Gasteiger partial charge on any atom is 0.151 e. The Morgan fingerprint density at radius 1 is 1.08 bits per heavy atom. The fourth-order valence-corrected chi connectivity index (χ4v) is 2.86. The molecule has 126 valence electrons. The van der Waals surface area contributed by atoms with Crippen LogP contribution in [0.5, 0.6) is 0 Å². The van der Waals surface area contributed by atoms with E-state index in [1.54, 1.807) is 18.7 Å². The Bertz CT molecular complexity index is 830. The highest BCUT2D eigenvalue weighted by Gasteiger charge is 2.27. The van der Waals surface area contributed by atoms with Crippen LogP contribution in [0.3, 0.4) is 0 Å². The van der Waals surface area contributed by atoms with Crippen LogP contribution in [0.1, 0.15) is 5.69 Å². The van der Waals surface area contributed by atoms with Crippen LogP contribution >= 0.6 is 0 Å².